The van der Waals surface area contributed by atoms with Gasteiger partial charge in [0.25, 0.3) is 0 Å². The van der Waals surface area contributed by atoms with Crippen LogP contribution in [0.3, 0.4) is 0 Å². The molecule has 4 heteroatoms. The number of carbonyl (C=O) groups excluding carboxylic acids is 1. The summed E-state index contributed by atoms with van der Waals surface area (Å²) in [5.41, 5.74) is 0. The van der Waals surface area contributed by atoms with Crippen LogP contribution in [0.25, 0.3) is 0 Å². The molecule has 0 aromatic rings. The largest absolute Gasteiger partial charge is 0.355 e. The van der Waals surface area contributed by atoms with E-state index in [1.54, 1.807) is 0 Å². The first kappa shape index (κ1) is 14.5. The van der Waals surface area contributed by atoms with Crippen molar-refractivity contribution in [3.8, 4) is 0 Å². The van der Waals surface area contributed by atoms with Crippen LogP contribution in [0, 0.1) is 5.92 Å². The Morgan fingerprint density at radius 3 is 2.53 bits per heavy atom. The monoisotopic (exact) mass is 241 g/mol. The van der Waals surface area contributed by atoms with Gasteiger partial charge in [0.15, 0.2) is 0 Å². The fourth-order valence-electron chi connectivity index (χ4n) is 2.10. The van der Waals surface area contributed by atoms with Gasteiger partial charge in [-0.25, -0.2) is 0 Å². The van der Waals surface area contributed by atoms with Crippen LogP contribution in [0.2, 0.25) is 0 Å². The summed E-state index contributed by atoms with van der Waals surface area (Å²) < 4.78 is 0. The number of amides is 1. The molecule has 0 bridgehead atoms. The Kier molecular flexibility index (Phi) is 6.52. The zero-order chi connectivity index (χ0) is 12.7. The second-order valence-electron chi connectivity index (χ2n) is 5.29. The van der Waals surface area contributed by atoms with Gasteiger partial charge in [0.2, 0.25) is 5.91 Å². The Bertz CT molecular complexity index is 225. The third-order valence-electron chi connectivity index (χ3n) is 3.34. The summed E-state index contributed by atoms with van der Waals surface area (Å²) in [6, 6.07) is 0.0103. The third-order valence-corrected chi connectivity index (χ3v) is 3.34. The first-order chi connectivity index (χ1) is 8.11. The van der Waals surface area contributed by atoms with Crippen molar-refractivity contribution in [2.75, 3.05) is 32.7 Å². The molecule has 1 atom stereocenters. The number of piperazine rings is 1. The number of hydrogen-bond acceptors (Lipinski definition) is 3. The molecular weight excluding hydrogens is 214 g/mol. The van der Waals surface area contributed by atoms with Gasteiger partial charge < -0.3 is 10.6 Å². The van der Waals surface area contributed by atoms with Crippen molar-refractivity contribution in [3.63, 3.8) is 0 Å². The van der Waals surface area contributed by atoms with Gasteiger partial charge in [-0.05, 0) is 25.7 Å². The number of nitrogens with one attached hydrogen (secondary N) is 2. The maximum atomic E-state index is 11.9. The Morgan fingerprint density at radius 1 is 1.29 bits per heavy atom. The highest BCUT2D eigenvalue weighted by Gasteiger charge is 2.21. The molecule has 0 radical (unpaired) electrons. The van der Waals surface area contributed by atoms with Crippen molar-refractivity contribution in [2.24, 2.45) is 5.92 Å². The van der Waals surface area contributed by atoms with E-state index in [0.29, 0.717) is 0 Å². The first-order valence-corrected chi connectivity index (χ1v) is 6.83. The molecule has 1 saturated heterocycles. The fraction of sp³-hybridized carbons (Fsp3) is 0.923. The van der Waals surface area contributed by atoms with E-state index in [-0.39, 0.29) is 11.9 Å². The van der Waals surface area contributed by atoms with E-state index in [4.69, 9.17) is 0 Å². The number of hydrogen-bond donors (Lipinski definition) is 2. The summed E-state index contributed by atoms with van der Waals surface area (Å²) in [4.78, 5) is 14.2. The molecule has 1 fully saturated rings. The van der Waals surface area contributed by atoms with E-state index in [9.17, 15) is 4.79 Å². The highest BCUT2D eigenvalue weighted by atomic mass is 16.2. The molecule has 17 heavy (non-hydrogen) atoms. The van der Waals surface area contributed by atoms with E-state index in [0.717, 1.165) is 45.1 Å². The molecular formula is C13H27N3O. The van der Waals surface area contributed by atoms with Crippen LogP contribution in [0.5, 0.6) is 0 Å². The van der Waals surface area contributed by atoms with E-state index in [1.165, 1.54) is 6.42 Å². The lowest BCUT2D eigenvalue weighted by atomic mass is 10.1. The molecule has 0 aliphatic carbocycles. The summed E-state index contributed by atoms with van der Waals surface area (Å²) in [7, 11) is 0. The summed E-state index contributed by atoms with van der Waals surface area (Å²) in [6.45, 7) is 11.2. The van der Waals surface area contributed by atoms with Crippen LogP contribution in [0.1, 0.15) is 33.6 Å². The molecule has 1 amide bonds. The smallest absolute Gasteiger partial charge is 0.237 e. The Labute approximate surface area is 105 Å². The van der Waals surface area contributed by atoms with Crippen molar-refractivity contribution < 1.29 is 4.79 Å². The van der Waals surface area contributed by atoms with Crippen molar-refractivity contribution in [3.05, 3.63) is 0 Å². The average molecular weight is 241 g/mol. The Morgan fingerprint density at radius 2 is 1.94 bits per heavy atom. The predicted octanol–water partition coefficient (Wildman–Crippen LogP) is 0.833. The Hall–Kier alpha value is -0.610. The van der Waals surface area contributed by atoms with Gasteiger partial charge >= 0.3 is 0 Å². The molecule has 0 aromatic heterocycles. The van der Waals surface area contributed by atoms with Crippen LogP contribution in [-0.2, 0) is 4.79 Å². The van der Waals surface area contributed by atoms with Crippen LogP contribution in [-0.4, -0.2) is 49.6 Å². The minimum Gasteiger partial charge on any atom is -0.355 e. The molecule has 1 aliphatic heterocycles. The molecule has 0 aromatic carbocycles. The summed E-state index contributed by atoms with van der Waals surface area (Å²) in [5, 5.41) is 6.33. The van der Waals surface area contributed by atoms with Gasteiger partial charge in [-0.2, -0.15) is 0 Å². The molecule has 4 nitrogen and oxygen atoms in total. The summed E-state index contributed by atoms with van der Waals surface area (Å²) in [5.74, 6) is 0.896. The maximum absolute atomic E-state index is 11.9. The Balaban J connectivity index is 2.17. The molecule has 1 heterocycles. The number of nitrogens with zero attached hydrogens (tertiary/aromatic N) is 1. The lowest BCUT2D eigenvalue weighted by molar-refractivity contribution is -0.126. The quantitative estimate of drug-likeness (QED) is 0.677. The van der Waals surface area contributed by atoms with E-state index in [2.05, 4.69) is 29.4 Å². The van der Waals surface area contributed by atoms with Crippen molar-refractivity contribution in [1.82, 2.24) is 15.5 Å². The SMILES string of the molecule is CC(C)CCCNC(=O)C(C)N1CCNCC1. The lowest BCUT2D eigenvalue weighted by Crippen LogP contribution is -2.52. The zero-order valence-corrected chi connectivity index (χ0v) is 11.5. The second-order valence-corrected chi connectivity index (χ2v) is 5.29. The zero-order valence-electron chi connectivity index (χ0n) is 11.5. The highest BCUT2D eigenvalue weighted by Crippen LogP contribution is 2.03. The van der Waals surface area contributed by atoms with Crippen LogP contribution < -0.4 is 10.6 Å². The molecule has 1 unspecified atom stereocenters. The molecule has 0 spiro atoms. The standard InChI is InChI=1S/C13H27N3O/c1-11(2)5-4-6-15-13(17)12(3)16-9-7-14-8-10-16/h11-12,14H,4-10H2,1-3H3,(H,15,17). The lowest BCUT2D eigenvalue weighted by Gasteiger charge is -2.31. The van der Waals surface area contributed by atoms with E-state index >= 15 is 0 Å². The van der Waals surface area contributed by atoms with Gasteiger partial charge in [0.05, 0.1) is 6.04 Å². The van der Waals surface area contributed by atoms with E-state index < -0.39 is 0 Å². The average Bonchev–Trinajstić information content (AvgIpc) is 2.34. The van der Waals surface area contributed by atoms with Crippen molar-refractivity contribution >= 4 is 5.91 Å². The normalized spacial score (nSPS) is 19.3. The fourth-order valence-corrected chi connectivity index (χ4v) is 2.10. The van der Waals surface area contributed by atoms with Crippen LogP contribution in [0.4, 0.5) is 0 Å². The first-order valence-electron chi connectivity index (χ1n) is 6.83. The molecule has 1 rings (SSSR count). The van der Waals surface area contributed by atoms with Gasteiger partial charge in [0, 0.05) is 32.7 Å². The molecule has 2 N–H and O–H groups in total. The van der Waals surface area contributed by atoms with Gasteiger partial charge in [-0.1, -0.05) is 13.8 Å². The van der Waals surface area contributed by atoms with Crippen LogP contribution >= 0.6 is 0 Å². The van der Waals surface area contributed by atoms with Gasteiger partial charge in [-0.15, -0.1) is 0 Å². The predicted molar refractivity (Wildman–Crippen MR) is 71.0 cm³/mol. The topological polar surface area (TPSA) is 44.4 Å². The highest BCUT2D eigenvalue weighted by molar-refractivity contribution is 5.81. The van der Waals surface area contributed by atoms with E-state index in [1.807, 2.05) is 6.92 Å². The van der Waals surface area contributed by atoms with Crippen molar-refractivity contribution in [2.45, 2.75) is 39.7 Å². The minimum absolute atomic E-state index is 0.0103. The number of rotatable bonds is 6. The molecule has 100 valence electrons. The maximum Gasteiger partial charge on any atom is 0.237 e. The second kappa shape index (κ2) is 7.67. The number of carbonyl (C=O) groups is 1. The van der Waals surface area contributed by atoms with Crippen molar-refractivity contribution in [1.29, 1.82) is 0 Å². The third kappa shape index (κ3) is 5.50. The van der Waals surface area contributed by atoms with Gasteiger partial charge in [-0.3, -0.25) is 9.69 Å². The summed E-state index contributed by atoms with van der Waals surface area (Å²) >= 11 is 0. The van der Waals surface area contributed by atoms with Gasteiger partial charge in [0.1, 0.15) is 0 Å². The molecule has 1 aliphatic rings. The minimum atomic E-state index is 0.0103. The van der Waals surface area contributed by atoms with Crippen LogP contribution in [0.15, 0.2) is 0 Å². The summed E-state index contributed by atoms with van der Waals surface area (Å²) in [6.07, 6.45) is 2.26. The molecule has 0 saturated carbocycles.